The molecule has 24 heavy (non-hydrogen) atoms. The second kappa shape index (κ2) is 10.2. The lowest BCUT2D eigenvalue weighted by atomic mass is 9.78. The highest BCUT2D eigenvalue weighted by molar-refractivity contribution is 5.85. The maximum Gasteiger partial charge on any atom is 0.236 e. The molecular formula is C17H33ClN4O2. The van der Waals surface area contributed by atoms with Crippen molar-refractivity contribution in [3.8, 4) is 0 Å². The molecule has 7 heteroatoms. The fraction of sp³-hybridized carbons (Fsp3) is 0.882. The molecule has 1 aliphatic carbocycles. The molecule has 1 saturated heterocycles. The Morgan fingerprint density at radius 1 is 1.17 bits per heavy atom. The van der Waals surface area contributed by atoms with Crippen LogP contribution >= 0.6 is 12.4 Å². The number of carbonyl (C=O) groups is 2. The standard InChI is InChI=1S/C17H32N4O2.ClH/c1-13-5-4-6-15(14(13)2)19-16(22)11-20(3)12-17(23)21-9-7-18-8-10-21;/h13-15,18H,4-12H2,1-3H3,(H,19,22);1H. The zero-order valence-electron chi connectivity index (χ0n) is 15.2. The number of rotatable bonds is 5. The van der Waals surface area contributed by atoms with Gasteiger partial charge in [-0.25, -0.2) is 0 Å². The Labute approximate surface area is 152 Å². The van der Waals surface area contributed by atoms with Gasteiger partial charge in [0.05, 0.1) is 13.1 Å². The number of hydrogen-bond donors (Lipinski definition) is 2. The van der Waals surface area contributed by atoms with Gasteiger partial charge < -0.3 is 15.5 Å². The molecule has 6 nitrogen and oxygen atoms in total. The van der Waals surface area contributed by atoms with E-state index in [9.17, 15) is 9.59 Å². The summed E-state index contributed by atoms with van der Waals surface area (Å²) in [4.78, 5) is 28.1. The summed E-state index contributed by atoms with van der Waals surface area (Å²) < 4.78 is 0. The minimum Gasteiger partial charge on any atom is -0.352 e. The quantitative estimate of drug-likeness (QED) is 0.758. The highest BCUT2D eigenvalue weighted by atomic mass is 35.5. The van der Waals surface area contributed by atoms with Crippen molar-refractivity contribution in [3.05, 3.63) is 0 Å². The van der Waals surface area contributed by atoms with E-state index in [-0.39, 0.29) is 36.8 Å². The van der Waals surface area contributed by atoms with Crippen molar-refractivity contribution < 1.29 is 9.59 Å². The van der Waals surface area contributed by atoms with Crippen LogP contribution in [0.1, 0.15) is 33.1 Å². The molecule has 140 valence electrons. The number of nitrogens with one attached hydrogen (secondary N) is 2. The molecule has 0 aromatic carbocycles. The Kier molecular flexibility index (Phi) is 9.02. The molecule has 0 aromatic heterocycles. The van der Waals surface area contributed by atoms with E-state index < -0.39 is 0 Å². The highest BCUT2D eigenvalue weighted by Gasteiger charge is 2.28. The van der Waals surface area contributed by atoms with Crippen LogP contribution in [0, 0.1) is 11.8 Å². The first kappa shape index (κ1) is 21.2. The van der Waals surface area contributed by atoms with Crippen LogP contribution in [0.15, 0.2) is 0 Å². The smallest absolute Gasteiger partial charge is 0.236 e. The molecule has 0 spiro atoms. The van der Waals surface area contributed by atoms with Crippen LogP contribution in [0.2, 0.25) is 0 Å². The van der Waals surface area contributed by atoms with Gasteiger partial charge in [-0.3, -0.25) is 14.5 Å². The van der Waals surface area contributed by atoms with Gasteiger partial charge in [-0.15, -0.1) is 12.4 Å². The Bertz CT molecular complexity index is 415. The summed E-state index contributed by atoms with van der Waals surface area (Å²) in [5.74, 6) is 1.34. The largest absolute Gasteiger partial charge is 0.352 e. The molecular weight excluding hydrogens is 328 g/mol. The third-order valence-corrected chi connectivity index (χ3v) is 5.34. The van der Waals surface area contributed by atoms with Crippen molar-refractivity contribution in [1.29, 1.82) is 0 Å². The molecule has 1 saturated carbocycles. The van der Waals surface area contributed by atoms with Crippen molar-refractivity contribution in [1.82, 2.24) is 20.4 Å². The molecule has 2 amide bonds. The Morgan fingerprint density at radius 2 is 1.83 bits per heavy atom. The Morgan fingerprint density at radius 3 is 2.50 bits per heavy atom. The van der Waals surface area contributed by atoms with E-state index in [4.69, 9.17) is 0 Å². The van der Waals surface area contributed by atoms with Gasteiger partial charge >= 0.3 is 0 Å². The monoisotopic (exact) mass is 360 g/mol. The van der Waals surface area contributed by atoms with Gasteiger partial charge in [-0.05, 0) is 25.3 Å². The van der Waals surface area contributed by atoms with Crippen LogP contribution in [-0.4, -0.2) is 74.0 Å². The lowest BCUT2D eigenvalue weighted by Gasteiger charge is -2.35. The van der Waals surface area contributed by atoms with Gasteiger partial charge in [0.15, 0.2) is 0 Å². The van der Waals surface area contributed by atoms with E-state index in [1.807, 2.05) is 16.8 Å². The van der Waals surface area contributed by atoms with Crippen LogP contribution in [0.5, 0.6) is 0 Å². The number of likely N-dealkylation sites (N-methyl/N-ethyl adjacent to an activating group) is 1. The third kappa shape index (κ3) is 6.22. The summed E-state index contributed by atoms with van der Waals surface area (Å²) in [6, 6.07) is 0.281. The molecule has 3 unspecified atom stereocenters. The van der Waals surface area contributed by atoms with Gasteiger partial charge in [0.25, 0.3) is 0 Å². The van der Waals surface area contributed by atoms with Crippen molar-refractivity contribution in [2.75, 3.05) is 46.3 Å². The molecule has 2 rings (SSSR count). The fourth-order valence-corrected chi connectivity index (χ4v) is 3.58. The predicted molar refractivity (Wildman–Crippen MR) is 98.3 cm³/mol. The summed E-state index contributed by atoms with van der Waals surface area (Å²) in [5.41, 5.74) is 0. The second-order valence-electron chi connectivity index (χ2n) is 7.24. The molecule has 1 heterocycles. The fourth-order valence-electron chi connectivity index (χ4n) is 3.58. The number of amides is 2. The van der Waals surface area contributed by atoms with E-state index >= 15 is 0 Å². The van der Waals surface area contributed by atoms with Gasteiger partial charge in [-0.2, -0.15) is 0 Å². The van der Waals surface area contributed by atoms with Crippen LogP contribution in [0.3, 0.4) is 0 Å². The van der Waals surface area contributed by atoms with Crippen molar-refractivity contribution >= 4 is 24.2 Å². The summed E-state index contributed by atoms with van der Waals surface area (Å²) >= 11 is 0. The van der Waals surface area contributed by atoms with Crippen molar-refractivity contribution in [2.24, 2.45) is 11.8 Å². The zero-order valence-corrected chi connectivity index (χ0v) is 16.0. The van der Waals surface area contributed by atoms with Gasteiger partial charge in [0.1, 0.15) is 0 Å². The lowest BCUT2D eigenvalue weighted by molar-refractivity contribution is -0.133. The molecule has 2 N–H and O–H groups in total. The maximum atomic E-state index is 12.2. The number of halogens is 1. The third-order valence-electron chi connectivity index (χ3n) is 5.34. The second-order valence-corrected chi connectivity index (χ2v) is 7.24. The molecule has 0 radical (unpaired) electrons. The molecule has 0 bridgehead atoms. The first-order valence-electron chi connectivity index (χ1n) is 8.93. The topological polar surface area (TPSA) is 64.7 Å². The number of piperazine rings is 1. The van der Waals surface area contributed by atoms with Crippen LogP contribution < -0.4 is 10.6 Å². The minimum atomic E-state index is 0. The van der Waals surface area contributed by atoms with Crippen LogP contribution in [0.4, 0.5) is 0 Å². The molecule has 3 atom stereocenters. The Hall–Kier alpha value is -0.850. The number of carbonyl (C=O) groups excluding carboxylic acids is 2. The normalized spacial score (nSPS) is 27.5. The lowest BCUT2D eigenvalue weighted by Crippen LogP contribution is -2.51. The van der Waals surface area contributed by atoms with Gasteiger partial charge in [-0.1, -0.05) is 26.7 Å². The van der Waals surface area contributed by atoms with E-state index in [2.05, 4.69) is 24.5 Å². The van der Waals surface area contributed by atoms with E-state index in [0.717, 1.165) is 32.6 Å². The first-order chi connectivity index (χ1) is 11.0. The number of hydrogen-bond acceptors (Lipinski definition) is 4. The zero-order chi connectivity index (χ0) is 16.8. The van der Waals surface area contributed by atoms with Crippen molar-refractivity contribution in [2.45, 2.75) is 39.2 Å². The summed E-state index contributed by atoms with van der Waals surface area (Å²) in [5, 5.41) is 6.40. The molecule has 1 aliphatic heterocycles. The first-order valence-corrected chi connectivity index (χ1v) is 8.93. The summed E-state index contributed by atoms with van der Waals surface area (Å²) in [7, 11) is 1.84. The molecule has 2 fully saturated rings. The highest BCUT2D eigenvalue weighted by Crippen LogP contribution is 2.29. The molecule has 0 aromatic rings. The van der Waals surface area contributed by atoms with Gasteiger partial charge in [0.2, 0.25) is 11.8 Å². The van der Waals surface area contributed by atoms with Crippen LogP contribution in [0.25, 0.3) is 0 Å². The van der Waals surface area contributed by atoms with Crippen molar-refractivity contribution in [3.63, 3.8) is 0 Å². The predicted octanol–water partition coefficient (Wildman–Crippen LogP) is 0.713. The average molecular weight is 361 g/mol. The van der Waals surface area contributed by atoms with E-state index in [0.29, 0.717) is 18.4 Å². The van der Waals surface area contributed by atoms with Crippen LogP contribution in [-0.2, 0) is 9.59 Å². The number of nitrogens with zero attached hydrogens (tertiary/aromatic N) is 2. The minimum absolute atomic E-state index is 0. The van der Waals surface area contributed by atoms with Gasteiger partial charge in [0, 0.05) is 32.2 Å². The summed E-state index contributed by atoms with van der Waals surface area (Å²) in [6.45, 7) is 8.32. The average Bonchev–Trinajstić information content (AvgIpc) is 2.52. The Balaban J connectivity index is 0.00000288. The van der Waals surface area contributed by atoms with E-state index in [1.54, 1.807) is 0 Å². The van der Waals surface area contributed by atoms with E-state index in [1.165, 1.54) is 12.8 Å². The molecule has 2 aliphatic rings. The SMILES string of the molecule is CC1CCCC(NC(=O)CN(C)CC(=O)N2CCNCC2)C1C.Cl. The summed E-state index contributed by atoms with van der Waals surface area (Å²) in [6.07, 6.45) is 3.51. The maximum absolute atomic E-state index is 12.2.